The summed E-state index contributed by atoms with van der Waals surface area (Å²) in [6.45, 7) is 5.36. The molecule has 5 nitrogen and oxygen atoms in total. The molecule has 0 radical (unpaired) electrons. The Balaban J connectivity index is 1.95. The first-order valence-corrected chi connectivity index (χ1v) is 9.76. The van der Waals surface area contributed by atoms with E-state index < -0.39 is 15.3 Å². The average Bonchev–Trinajstić information content (AvgIpc) is 2.61. The van der Waals surface area contributed by atoms with Crippen LogP contribution in [-0.2, 0) is 10.0 Å². The molecule has 6 heteroatoms. The maximum absolute atomic E-state index is 11.8. The molecule has 0 aliphatic rings. The Kier molecular flexibility index (Phi) is 6.45. The Morgan fingerprint density at radius 3 is 1.80 bits per heavy atom. The molecule has 1 atom stereocenters. The van der Waals surface area contributed by atoms with Gasteiger partial charge >= 0.3 is 0 Å². The van der Waals surface area contributed by atoms with Gasteiger partial charge < -0.3 is 9.47 Å². The monoisotopic (exact) mass is 363 g/mol. The number of hydrogen-bond acceptors (Lipinski definition) is 4. The molecule has 136 valence electrons. The Hall–Kier alpha value is -2.05. The van der Waals surface area contributed by atoms with Crippen LogP contribution in [0.2, 0.25) is 0 Å². The third-order valence-electron chi connectivity index (χ3n) is 3.81. The van der Waals surface area contributed by atoms with Crippen molar-refractivity contribution in [2.75, 3.05) is 13.7 Å². The van der Waals surface area contributed by atoms with E-state index in [9.17, 15) is 8.42 Å². The summed E-state index contributed by atoms with van der Waals surface area (Å²) < 4.78 is 37.0. The largest absolute Gasteiger partial charge is 0.497 e. The van der Waals surface area contributed by atoms with Gasteiger partial charge in [-0.15, -0.1) is 0 Å². The maximum Gasteiger partial charge on any atom is 0.214 e. The second-order valence-electron chi connectivity index (χ2n) is 6.12. The minimum absolute atomic E-state index is 0.237. The molecule has 0 aromatic heterocycles. The van der Waals surface area contributed by atoms with E-state index in [2.05, 4.69) is 4.72 Å². The summed E-state index contributed by atoms with van der Waals surface area (Å²) in [4.78, 5) is 0. The molecule has 2 aromatic rings. The molecule has 1 unspecified atom stereocenters. The van der Waals surface area contributed by atoms with E-state index in [0.717, 1.165) is 16.9 Å². The van der Waals surface area contributed by atoms with Crippen molar-refractivity contribution in [3.8, 4) is 22.6 Å². The van der Waals surface area contributed by atoms with Crippen LogP contribution in [0.5, 0.6) is 11.5 Å². The fraction of sp³-hybridized carbons (Fsp3) is 0.368. The number of hydrogen-bond donors (Lipinski definition) is 1. The molecular weight excluding hydrogens is 338 g/mol. The summed E-state index contributed by atoms with van der Waals surface area (Å²) in [5.41, 5.74) is 2.16. The second kappa shape index (κ2) is 8.36. The van der Waals surface area contributed by atoms with E-state index in [4.69, 9.17) is 9.47 Å². The molecule has 25 heavy (non-hydrogen) atoms. The van der Waals surface area contributed by atoms with Gasteiger partial charge in [-0.3, -0.25) is 0 Å². The highest BCUT2D eigenvalue weighted by Crippen LogP contribution is 2.24. The zero-order chi connectivity index (χ0) is 18.4. The zero-order valence-corrected chi connectivity index (χ0v) is 15.8. The summed E-state index contributed by atoms with van der Waals surface area (Å²) in [5.74, 6) is 1.52. The van der Waals surface area contributed by atoms with E-state index in [0.29, 0.717) is 5.75 Å². The maximum atomic E-state index is 11.8. The average molecular weight is 363 g/mol. The fourth-order valence-corrected chi connectivity index (χ4v) is 2.98. The molecule has 0 aliphatic carbocycles. The van der Waals surface area contributed by atoms with E-state index in [1.807, 2.05) is 55.5 Å². The van der Waals surface area contributed by atoms with Crippen molar-refractivity contribution in [3.63, 3.8) is 0 Å². The fourth-order valence-electron chi connectivity index (χ4n) is 2.18. The molecule has 0 saturated carbocycles. The van der Waals surface area contributed by atoms with E-state index in [1.165, 1.54) is 0 Å². The number of rotatable bonds is 8. The summed E-state index contributed by atoms with van der Waals surface area (Å²) in [6.07, 6.45) is -0.264. The van der Waals surface area contributed by atoms with Gasteiger partial charge in [-0.05, 0) is 56.2 Å². The van der Waals surface area contributed by atoms with E-state index in [-0.39, 0.29) is 12.6 Å². The summed E-state index contributed by atoms with van der Waals surface area (Å²) in [6, 6.07) is 15.5. The lowest BCUT2D eigenvalue weighted by molar-refractivity contribution is 0.225. The van der Waals surface area contributed by atoms with Gasteiger partial charge in [-0.25, -0.2) is 13.1 Å². The van der Waals surface area contributed by atoms with Gasteiger partial charge in [0.15, 0.2) is 0 Å². The smallest absolute Gasteiger partial charge is 0.214 e. The van der Waals surface area contributed by atoms with Gasteiger partial charge in [0, 0.05) is 6.54 Å². The van der Waals surface area contributed by atoms with Crippen LogP contribution in [0.4, 0.5) is 0 Å². The van der Waals surface area contributed by atoms with Crippen LogP contribution in [0.1, 0.15) is 20.8 Å². The molecular formula is C19H25NO4S. The first-order chi connectivity index (χ1) is 11.8. The van der Waals surface area contributed by atoms with Crippen LogP contribution in [0.3, 0.4) is 0 Å². The molecule has 0 aliphatic heterocycles. The van der Waals surface area contributed by atoms with Crippen molar-refractivity contribution in [1.29, 1.82) is 0 Å². The quantitative estimate of drug-likeness (QED) is 0.780. The molecule has 2 rings (SSSR count). The number of sulfonamides is 1. The van der Waals surface area contributed by atoms with Crippen LogP contribution in [0, 0.1) is 0 Å². The predicted molar refractivity (Wildman–Crippen MR) is 101 cm³/mol. The van der Waals surface area contributed by atoms with E-state index >= 15 is 0 Å². The molecule has 0 fully saturated rings. The van der Waals surface area contributed by atoms with Crippen LogP contribution < -0.4 is 14.2 Å². The van der Waals surface area contributed by atoms with Crippen molar-refractivity contribution < 1.29 is 17.9 Å². The van der Waals surface area contributed by atoms with Crippen molar-refractivity contribution in [2.45, 2.75) is 32.1 Å². The van der Waals surface area contributed by atoms with Gasteiger partial charge in [0.1, 0.15) is 17.6 Å². The summed E-state index contributed by atoms with van der Waals surface area (Å²) in [5, 5.41) is -0.455. The standard InChI is InChI=1S/C19H25NO4S/c1-14(2)25(21,22)20-13-15(3)24-19-11-7-17(8-12-19)16-5-9-18(23-4)10-6-16/h5-12,14-15,20H,13H2,1-4H3. The predicted octanol–water partition coefficient (Wildman–Crippen LogP) is 3.46. The third kappa shape index (κ3) is 5.47. The Bertz CT molecular complexity index is 768. The molecule has 0 bridgehead atoms. The molecule has 0 amide bonds. The molecule has 0 heterocycles. The SMILES string of the molecule is COc1ccc(-c2ccc(OC(C)CNS(=O)(=O)C(C)C)cc2)cc1. The van der Waals surface area contributed by atoms with Crippen LogP contribution in [0.15, 0.2) is 48.5 Å². The Labute approximate surface area is 150 Å². The van der Waals surface area contributed by atoms with Crippen molar-refractivity contribution >= 4 is 10.0 Å². The van der Waals surface area contributed by atoms with Crippen LogP contribution in [-0.4, -0.2) is 33.4 Å². The lowest BCUT2D eigenvalue weighted by atomic mass is 10.1. The van der Waals surface area contributed by atoms with Crippen molar-refractivity contribution in [3.05, 3.63) is 48.5 Å². The molecule has 0 spiro atoms. The van der Waals surface area contributed by atoms with Gasteiger partial charge in [0.2, 0.25) is 10.0 Å². The summed E-state index contributed by atoms with van der Waals surface area (Å²) in [7, 11) is -1.63. The second-order valence-corrected chi connectivity index (χ2v) is 8.45. The number of methoxy groups -OCH3 is 1. The lowest BCUT2D eigenvalue weighted by Gasteiger charge is -2.17. The first kappa shape index (κ1) is 19.3. The highest BCUT2D eigenvalue weighted by atomic mass is 32.2. The third-order valence-corrected chi connectivity index (χ3v) is 5.62. The minimum Gasteiger partial charge on any atom is -0.497 e. The Morgan fingerprint density at radius 1 is 0.880 bits per heavy atom. The first-order valence-electron chi connectivity index (χ1n) is 8.21. The van der Waals surface area contributed by atoms with Gasteiger partial charge in [-0.1, -0.05) is 24.3 Å². The number of ether oxygens (including phenoxy) is 2. The van der Waals surface area contributed by atoms with Crippen molar-refractivity contribution in [1.82, 2.24) is 4.72 Å². The highest BCUT2D eigenvalue weighted by Gasteiger charge is 2.16. The zero-order valence-electron chi connectivity index (χ0n) is 15.0. The number of benzene rings is 2. The molecule has 0 saturated heterocycles. The molecule has 2 aromatic carbocycles. The lowest BCUT2D eigenvalue weighted by Crippen LogP contribution is -2.37. The Morgan fingerprint density at radius 2 is 1.36 bits per heavy atom. The topological polar surface area (TPSA) is 64.6 Å². The number of nitrogens with one attached hydrogen (secondary N) is 1. The molecule has 1 N–H and O–H groups in total. The van der Waals surface area contributed by atoms with Gasteiger partial charge in [0.25, 0.3) is 0 Å². The van der Waals surface area contributed by atoms with Gasteiger partial charge in [0.05, 0.1) is 12.4 Å². The van der Waals surface area contributed by atoms with Crippen molar-refractivity contribution in [2.24, 2.45) is 0 Å². The highest BCUT2D eigenvalue weighted by molar-refractivity contribution is 7.90. The van der Waals surface area contributed by atoms with Gasteiger partial charge in [-0.2, -0.15) is 0 Å². The minimum atomic E-state index is -3.27. The normalized spacial score (nSPS) is 12.8. The van der Waals surface area contributed by atoms with Crippen LogP contribution in [0.25, 0.3) is 11.1 Å². The summed E-state index contributed by atoms with van der Waals surface area (Å²) >= 11 is 0. The van der Waals surface area contributed by atoms with E-state index in [1.54, 1.807) is 21.0 Å². The van der Waals surface area contributed by atoms with Crippen LogP contribution >= 0.6 is 0 Å².